The lowest BCUT2D eigenvalue weighted by molar-refractivity contribution is 0.0728. The fourth-order valence-electron chi connectivity index (χ4n) is 1.62. The van der Waals surface area contributed by atoms with Crippen LogP contribution in [0.3, 0.4) is 0 Å². The third kappa shape index (κ3) is 3.50. The van der Waals surface area contributed by atoms with Gasteiger partial charge in [-0.3, -0.25) is 0 Å². The van der Waals surface area contributed by atoms with E-state index in [0.29, 0.717) is 5.89 Å². The minimum atomic E-state index is 0.650. The molecule has 5 heteroatoms. The van der Waals surface area contributed by atoms with Crippen LogP contribution in [0.2, 0.25) is 0 Å². The van der Waals surface area contributed by atoms with Gasteiger partial charge in [-0.2, -0.15) is 11.8 Å². The van der Waals surface area contributed by atoms with Crippen molar-refractivity contribution in [3.63, 3.8) is 0 Å². The molecule has 1 aliphatic rings. The highest BCUT2D eigenvalue weighted by atomic mass is 32.2. The molecule has 84 valence electrons. The molecule has 0 spiro atoms. The number of hydrogen-bond acceptors (Lipinski definition) is 5. The van der Waals surface area contributed by atoms with E-state index < -0.39 is 0 Å². The van der Waals surface area contributed by atoms with Gasteiger partial charge in [0.1, 0.15) is 0 Å². The summed E-state index contributed by atoms with van der Waals surface area (Å²) in [6.07, 6.45) is 2.38. The van der Waals surface area contributed by atoms with Crippen molar-refractivity contribution >= 4 is 11.8 Å². The summed E-state index contributed by atoms with van der Waals surface area (Å²) in [5.74, 6) is 4.19. The number of hydrogen-bond donors (Lipinski definition) is 0. The third-order valence-corrected chi connectivity index (χ3v) is 3.65. The Morgan fingerprint density at radius 1 is 1.33 bits per heavy atom. The third-order valence-electron chi connectivity index (χ3n) is 2.49. The van der Waals surface area contributed by atoms with E-state index in [9.17, 15) is 0 Å². The molecule has 1 aromatic heterocycles. The largest absolute Gasteiger partial charge is 0.425 e. The molecule has 0 aromatic carbocycles. The molecule has 1 aliphatic heterocycles. The summed E-state index contributed by atoms with van der Waals surface area (Å²) >= 11 is 1.87. The summed E-state index contributed by atoms with van der Waals surface area (Å²) in [7, 11) is 0. The molecular weight excluding hydrogens is 212 g/mol. The first-order chi connectivity index (χ1) is 7.34. The van der Waals surface area contributed by atoms with Crippen molar-refractivity contribution in [3.05, 3.63) is 11.8 Å². The highest BCUT2D eigenvalue weighted by molar-refractivity contribution is 7.98. The van der Waals surface area contributed by atoms with Crippen LogP contribution in [0.15, 0.2) is 4.42 Å². The lowest BCUT2D eigenvalue weighted by Crippen LogP contribution is -2.17. The van der Waals surface area contributed by atoms with E-state index in [1.54, 1.807) is 0 Å². The Labute approximate surface area is 93.8 Å². The molecule has 2 heterocycles. The number of aryl methyl sites for hydroxylation is 1. The van der Waals surface area contributed by atoms with Gasteiger partial charge in [0.05, 0.1) is 5.75 Å². The van der Waals surface area contributed by atoms with Gasteiger partial charge in [-0.1, -0.05) is 0 Å². The van der Waals surface area contributed by atoms with Crippen molar-refractivity contribution in [1.29, 1.82) is 0 Å². The molecule has 0 N–H and O–H groups in total. The van der Waals surface area contributed by atoms with Crippen LogP contribution in [-0.4, -0.2) is 29.2 Å². The number of thioether (sulfide) groups is 1. The first-order valence-electron chi connectivity index (χ1n) is 5.29. The lowest BCUT2D eigenvalue weighted by Gasteiger charge is -2.21. The predicted octanol–water partition coefficient (Wildman–Crippen LogP) is 2.04. The fourth-order valence-corrected chi connectivity index (χ4v) is 2.70. The molecule has 0 atom stereocenters. The van der Waals surface area contributed by atoms with Crippen molar-refractivity contribution in [1.82, 2.24) is 10.2 Å². The standard InChI is InChI=1S/C10H16N2O2S/c1-8-11-12-10(14-8)7-15-6-9-2-4-13-5-3-9/h9H,2-7H2,1H3. The summed E-state index contributed by atoms with van der Waals surface area (Å²) in [6, 6.07) is 0. The fraction of sp³-hybridized carbons (Fsp3) is 0.800. The summed E-state index contributed by atoms with van der Waals surface area (Å²) in [6.45, 7) is 3.66. The zero-order chi connectivity index (χ0) is 10.5. The van der Waals surface area contributed by atoms with Crippen molar-refractivity contribution < 1.29 is 9.15 Å². The molecule has 4 nitrogen and oxygen atoms in total. The summed E-state index contributed by atoms with van der Waals surface area (Å²) < 4.78 is 10.6. The molecule has 0 unspecified atom stereocenters. The van der Waals surface area contributed by atoms with Gasteiger partial charge in [0.2, 0.25) is 11.8 Å². The van der Waals surface area contributed by atoms with Crippen LogP contribution in [-0.2, 0) is 10.5 Å². The summed E-state index contributed by atoms with van der Waals surface area (Å²) in [5, 5.41) is 7.77. The molecule has 0 amide bonds. The van der Waals surface area contributed by atoms with Crippen LogP contribution in [0, 0.1) is 12.8 Å². The minimum absolute atomic E-state index is 0.650. The highest BCUT2D eigenvalue weighted by Crippen LogP contribution is 2.21. The molecule has 0 radical (unpaired) electrons. The van der Waals surface area contributed by atoms with Crippen molar-refractivity contribution in [2.24, 2.45) is 5.92 Å². The van der Waals surface area contributed by atoms with E-state index in [0.717, 1.165) is 30.8 Å². The Morgan fingerprint density at radius 3 is 2.80 bits per heavy atom. The second kappa shape index (κ2) is 5.51. The van der Waals surface area contributed by atoms with E-state index in [4.69, 9.17) is 9.15 Å². The lowest BCUT2D eigenvalue weighted by atomic mass is 10.0. The maximum absolute atomic E-state index is 5.32. The summed E-state index contributed by atoms with van der Waals surface area (Å²) in [5.41, 5.74) is 0. The van der Waals surface area contributed by atoms with Crippen LogP contribution < -0.4 is 0 Å². The van der Waals surface area contributed by atoms with Gasteiger partial charge >= 0.3 is 0 Å². The average Bonchev–Trinajstić information content (AvgIpc) is 2.66. The Hall–Kier alpha value is -0.550. The zero-order valence-corrected chi connectivity index (χ0v) is 9.76. The maximum atomic E-state index is 5.32. The Bertz CT molecular complexity index is 297. The van der Waals surface area contributed by atoms with Gasteiger partial charge in [-0.05, 0) is 24.5 Å². The molecule has 1 fully saturated rings. The highest BCUT2D eigenvalue weighted by Gasteiger charge is 2.14. The Balaban J connectivity index is 1.65. The van der Waals surface area contributed by atoms with Gasteiger partial charge < -0.3 is 9.15 Å². The summed E-state index contributed by atoms with van der Waals surface area (Å²) in [4.78, 5) is 0. The van der Waals surface area contributed by atoms with E-state index in [-0.39, 0.29) is 0 Å². The second-order valence-corrected chi connectivity index (χ2v) is 4.82. The Morgan fingerprint density at radius 2 is 2.13 bits per heavy atom. The second-order valence-electron chi connectivity index (χ2n) is 3.79. The van der Waals surface area contributed by atoms with Crippen LogP contribution in [0.1, 0.15) is 24.6 Å². The monoisotopic (exact) mass is 228 g/mol. The molecule has 0 saturated carbocycles. The first kappa shape index (κ1) is 11.0. The molecular formula is C10H16N2O2S. The maximum Gasteiger partial charge on any atom is 0.226 e. The predicted molar refractivity (Wildman–Crippen MR) is 58.7 cm³/mol. The first-order valence-corrected chi connectivity index (χ1v) is 6.44. The Kier molecular flexibility index (Phi) is 4.02. The molecule has 0 aliphatic carbocycles. The SMILES string of the molecule is Cc1nnc(CSCC2CCOCC2)o1. The number of aromatic nitrogens is 2. The van der Waals surface area contributed by atoms with E-state index in [2.05, 4.69) is 10.2 Å². The van der Waals surface area contributed by atoms with Gasteiger partial charge in [0.25, 0.3) is 0 Å². The van der Waals surface area contributed by atoms with Crippen molar-refractivity contribution in [2.45, 2.75) is 25.5 Å². The van der Waals surface area contributed by atoms with E-state index in [1.165, 1.54) is 18.6 Å². The van der Waals surface area contributed by atoms with Crippen molar-refractivity contribution in [3.8, 4) is 0 Å². The van der Waals surface area contributed by atoms with Gasteiger partial charge in [-0.15, -0.1) is 10.2 Å². The number of ether oxygens (including phenoxy) is 1. The number of rotatable bonds is 4. The van der Waals surface area contributed by atoms with Crippen LogP contribution in [0.5, 0.6) is 0 Å². The average molecular weight is 228 g/mol. The molecule has 2 rings (SSSR count). The van der Waals surface area contributed by atoms with Gasteiger partial charge in [0.15, 0.2) is 0 Å². The molecule has 0 bridgehead atoms. The molecule has 1 saturated heterocycles. The zero-order valence-electron chi connectivity index (χ0n) is 8.94. The molecule has 15 heavy (non-hydrogen) atoms. The van der Waals surface area contributed by atoms with Gasteiger partial charge in [0, 0.05) is 20.1 Å². The van der Waals surface area contributed by atoms with Crippen LogP contribution >= 0.6 is 11.8 Å². The normalized spacial score (nSPS) is 18.2. The van der Waals surface area contributed by atoms with Gasteiger partial charge in [-0.25, -0.2) is 0 Å². The minimum Gasteiger partial charge on any atom is -0.425 e. The van der Waals surface area contributed by atoms with E-state index in [1.807, 2.05) is 18.7 Å². The number of nitrogens with zero attached hydrogens (tertiary/aromatic N) is 2. The smallest absolute Gasteiger partial charge is 0.226 e. The topological polar surface area (TPSA) is 48.2 Å². The quantitative estimate of drug-likeness (QED) is 0.789. The van der Waals surface area contributed by atoms with Crippen LogP contribution in [0.25, 0.3) is 0 Å². The molecule has 1 aromatic rings. The van der Waals surface area contributed by atoms with Crippen LogP contribution in [0.4, 0.5) is 0 Å². The van der Waals surface area contributed by atoms with E-state index >= 15 is 0 Å². The van der Waals surface area contributed by atoms with Crippen molar-refractivity contribution in [2.75, 3.05) is 19.0 Å².